The molecular weight excluding hydrogens is 412 g/mol. The first-order chi connectivity index (χ1) is 16.2. The Bertz CT molecular complexity index is 1030. The number of nitrogens with one attached hydrogen (secondary N) is 2. The smallest absolute Gasteiger partial charge is 0.251 e. The number of anilines is 1. The number of hydrogen-bond acceptors (Lipinski definition) is 3. The fraction of sp³-hybridized carbons (Fsp3) is 0.370. The van der Waals surface area contributed by atoms with Crippen molar-refractivity contribution in [3.8, 4) is 0 Å². The van der Waals surface area contributed by atoms with Crippen LogP contribution >= 0.6 is 0 Å². The highest BCUT2D eigenvalue weighted by atomic mass is 16.2. The molecule has 2 amide bonds. The summed E-state index contributed by atoms with van der Waals surface area (Å²) in [5, 5.41) is 6.16. The van der Waals surface area contributed by atoms with Gasteiger partial charge in [-0.05, 0) is 36.1 Å². The Balaban J connectivity index is 1.39. The van der Waals surface area contributed by atoms with Crippen molar-refractivity contribution >= 4 is 17.5 Å². The predicted molar refractivity (Wildman–Crippen MR) is 130 cm³/mol. The van der Waals surface area contributed by atoms with E-state index >= 15 is 0 Å². The lowest BCUT2D eigenvalue weighted by molar-refractivity contribution is -0.116. The molecule has 1 saturated carbocycles. The Morgan fingerprint density at radius 1 is 1.03 bits per heavy atom. The summed E-state index contributed by atoms with van der Waals surface area (Å²) in [5.74, 6) is 0.431. The number of benzene rings is 2. The van der Waals surface area contributed by atoms with Gasteiger partial charge in [0.15, 0.2) is 0 Å². The van der Waals surface area contributed by atoms with E-state index in [0.717, 1.165) is 12.0 Å². The number of hydrogen-bond donors (Lipinski definition) is 2. The maximum atomic E-state index is 13.2. The molecule has 6 heteroatoms. The molecule has 0 bridgehead atoms. The molecule has 6 nitrogen and oxygen atoms in total. The van der Waals surface area contributed by atoms with Gasteiger partial charge in [0.25, 0.3) is 5.91 Å². The van der Waals surface area contributed by atoms with Crippen LogP contribution in [0.4, 0.5) is 5.69 Å². The van der Waals surface area contributed by atoms with Crippen LogP contribution in [0.15, 0.2) is 73.3 Å². The normalized spacial score (nSPS) is 15.0. The molecule has 1 atom stereocenters. The molecule has 4 rings (SSSR count). The highest BCUT2D eigenvalue weighted by Gasteiger charge is 2.22. The lowest BCUT2D eigenvalue weighted by Gasteiger charge is -2.27. The highest BCUT2D eigenvalue weighted by Crippen LogP contribution is 2.32. The third kappa shape index (κ3) is 6.78. The van der Waals surface area contributed by atoms with Gasteiger partial charge < -0.3 is 15.2 Å². The van der Waals surface area contributed by atoms with Crippen molar-refractivity contribution < 1.29 is 9.59 Å². The maximum Gasteiger partial charge on any atom is 0.251 e. The van der Waals surface area contributed by atoms with Crippen LogP contribution in [-0.4, -0.2) is 21.4 Å². The predicted octanol–water partition coefficient (Wildman–Crippen LogP) is 5.35. The summed E-state index contributed by atoms with van der Waals surface area (Å²) in [5.41, 5.74) is 2.31. The molecule has 2 aromatic carbocycles. The average Bonchev–Trinajstić information content (AvgIpc) is 3.37. The molecule has 3 aromatic rings. The lowest BCUT2D eigenvalue weighted by Crippen LogP contribution is -2.30. The van der Waals surface area contributed by atoms with Gasteiger partial charge in [-0.3, -0.25) is 9.59 Å². The largest absolute Gasteiger partial charge is 0.345 e. The second-order valence-corrected chi connectivity index (χ2v) is 8.86. The second-order valence-electron chi connectivity index (χ2n) is 8.86. The standard InChI is InChI=1S/C27H32N4O2/c32-26(14-16-31-17-15-28-20-31)29-24-13-7-12-23(19-24)27(33)30-25(22-10-5-2-6-11-22)18-21-8-3-1-4-9-21/h2,5-7,10-13,15,17,19-21,25H,1,3-4,8-9,14,16,18H2,(H,29,32)(H,30,33). The fourth-order valence-corrected chi connectivity index (χ4v) is 4.57. The molecule has 1 heterocycles. The number of carbonyl (C=O) groups excluding carboxylic acids is 2. The zero-order valence-corrected chi connectivity index (χ0v) is 19.0. The van der Waals surface area contributed by atoms with Crippen molar-refractivity contribution in [3.05, 3.63) is 84.4 Å². The van der Waals surface area contributed by atoms with Crippen molar-refractivity contribution in [1.29, 1.82) is 0 Å². The molecule has 1 aliphatic rings. The summed E-state index contributed by atoms with van der Waals surface area (Å²) in [6, 6.07) is 17.4. The van der Waals surface area contributed by atoms with Gasteiger partial charge in [-0.25, -0.2) is 4.98 Å². The number of imidazole rings is 1. The number of aryl methyl sites for hydroxylation is 1. The van der Waals surface area contributed by atoms with Crippen LogP contribution in [0.25, 0.3) is 0 Å². The first-order valence-electron chi connectivity index (χ1n) is 11.9. The number of carbonyl (C=O) groups is 2. The molecule has 1 aromatic heterocycles. The zero-order valence-electron chi connectivity index (χ0n) is 19.0. The Morgan fingerprint density at radius 2 is 1.85 bits per heavy atom. The molecule has 33 heavy (non-hydrogen) atoms. The van der Waals surface area contributed by atoms with E-state index in [0.29, 0.717) is 30.1 Å². The summed E-state index contributed by atoms with van der Waals surface area (Å²) < 4.78 is 1.86. The molecule has 1 aliphatic carbocycles. The van der Waals surface area contributed by atoms with E-state index in [9.17, 15) is 9.59 Å². The first-order valence-corrected chi connectivity index (χ1v) is 11.9. The third-order valence-corrected chi connectivity index (χ3v) is 6.37. The van der Waals surface area contributed by atoms with Crippen LogP contribution in [0.2, 0.25) is 0 Å². The summed E-state index contributed by atoms with van der Waals surface area (Å²) >= 11 is 0. The van der Waals surface area contributed by atoms with Gasteiger partial charge in [-0.2, -0.15) is 0 Å². The van der Waals surface area contributed by atoms with Gasteiger partial charge in [0.05, 0.1) is 12.4 Å². The van der Waals surface area contributed by atoms with Gasteiger partial charge in [0, 0.05) is 36.6 Å². The minimum absolute atomic E-state index is 0.0183. The van der Waals surface area contributed by atoms with E-state index in [1.807, 2.05) is 35.0 Å². The van der Waals surface area contributed by atoms with Crippen LogP contribution in [0.1, 0.15) is 66.9 Å². The molecule has 172 valence electrons. The number of aromatic nitrogens is 2. The fourth-order valence-electron chi connectivity index (χ4n) is 4.57. The molecule has 2 N–H and O–H groups in total. The number of rotatable bonds is 9. The van der Waals surface area contributed by atoms with E-state index in [-0.39, 0.29) is 17.9 Å². The summed E-state index contributed by atoms with van der Waals surface area (Å²) in [6.07, 6.45) is 12.9. The highest BCUT2D eigenvalue weighted by molar-refractivity contribution is 5.97. The Labute approximate surface area is 195 Å². The van der Waals surface area contributed by atoms with Gasteiger partial charge in [-0.15, -0.1) is 0 Å². The minimum Gasteiger partial charge on any atom is -0.345 e. The molecule has 0 radical (unpaired) electrons. The van der Waals surface area contributed by atoms with E-state index < -0.39 is 0 Å². The second kappa shape index (κ2) is 11.5. The summed E-state index contributed by atoms with van der Waals surface area (Å²) in [6.45, 7) is 0.561. The molecule has 0 saturated heterocycles. The number of amides is 2. The van der Waals surface area contributed by atoms with Crippen LogP contribution in [0.3, 0.4) is 0 Å². The van der Waals surface area contributed by atoms with Crippen molar-refractivity contribution in [1.82, 2.24) is 14.9 Å². The Morgan fingerprint density at radius 3 is 2.61 bits per heavy atom. The molecule has 1 fully saturated rings. The van der Waals surface area contributed by atoms with Gasteiger partial charge >= 0.3 is 0 Å². The van der Waals surface area contributed by atoms with Gasteiger partial charge in [-0.1, -0.05) is 68.5 Å². The quantitative estimate of drug-likeness (QED) is 0.467. The minimum atomic E-state index is -0.117. The average molecular weight is 445 g/mol. The molecule has 0 spiro atoms. The molecule has 0 aliphatic heterocycles. The Kier molecular flexibility index (Phi) is 7.90. The van der Waals surface area contributed by atoms with Crippen LogP contribution in [0.5, 0.6) is 0 Å². The van der Waals surface area contributed by atoms with Crippen molar-refractivity contribution in [2.45, 2.75) is 57.5 Å². The monoisotopic (exact) mass is 444 g/mol. The first kappa shape index (κ1) is 22.8. The lowest BCUT2D eigenvalue weighted by atomic mass is 9.83. The maximum absolute atomic E-state index is 13.2. The van der Waals surface area contributed by atoms with E-state index in [4.69, 9.17) is 0 Å². The van der Waals surface area contributed by atoms with Crippen molar-refractivity contribution in [2.24, 2.45) is 5.92 Å². The zero-order chi connectivity index (χ0) is 22.9. The van der Waals surface area contributed by atoms with E-state index in [2.05, 4.69) is 27.8 Å². The topological polar surface area (TPSA) is 76.0 Å². The summed E-state index contributed by atoms with van der Waals surface area (Å²) in [4.78, 5) is 29.5. The SMILES string of the molecule is O=C(CCn1ccnc1)Nc1cccc(C(=O)NC(CC2CCCCC2)c2ccccc2)c1. The third-order valence-electron chi connectivity index (χ3n) is 6.37. The van der Waals surface area contributed by atoms with Crippen molar-refractivity contribution in [2.75, 3.05) is 5.32 Å². The molecular formula is C27H32N4O2. The van der Waals surface area contributed by atoms with Crippen LogP contribution in [-0.2, 0) is 11.3 Å². The van der Waals surface area contributed by atoms with Crippen LogP contribution < -0.4 is 10.6 Å². The van der Waals surface area contributed by atoms with E-state index in [1.54, 1.807) is 30.7 Å². The Hall–Kier alpha value is -3.41. The van der Waals surface area contributed by atoms with Gasteiger partial charge in [0.2, 0.25) is 5.91 Å². The van der Waals surface area contributed by atoms with Crippen LogP contribution in [0, 0.1) is 5.92 Å². The summed E-state index contributed by atoms with van der Waals surface area (Å²) in [7, 11) is 0. The number of nitrogens with zero attached hydrogens (tertiary/aromatic N) is 2. The van der Waals surface area contributed by atoms with Crippen molar-refractivity contribution in [3.63, 3.8) is 0 Å². The van der Waals surface area contributed by atoms with Gasteiger partial charge in [0.1, 0.15) is 0 Å². The van der Waals surface area contributed by atoms with E-state index in [1.165, 1.54) is 32.1 Å². The molecule has 1 unspecified atom stereocenters.